The number of rotatable bonds is 9. The zero-order chi connectivity index (χ0) is 37.3. The lowest BCUT2D eigenvalue weighted by atomic mass is 10.1. The number of urea groups is 1. The molecule has 53 heavy (non-hydrogen) atoms. The Morgan fingerprint density at radius 2 is 1.83 bits per heavy atom. The first-order valence-electron chi connectivity index (χ1n) is 18.1. The number of methoxy groups -OCH3 is 2. The molecule has 3 aliphatic rings. The molecule has 1 saturated heterocycles. The number of ether oxygens (including phenoxy) is 3. The van der Waals surface area contributed by atoms with Gasteiger partial charge in [0.2, 0.25) is 5.91 Å². The van der Waals surface area contributed by atoms with Crippen LogP contribution in [0.3, 0.4) is 0 Å². The van der Waals surface area contributed by atoms with Gasteiger partial charge >= 0.3 is 12.0 Å². The predicted octanol–water partition coefficient (Wildman–Crippen LogP) is 6.64. The topological polar surface area (TPSA) is 143 Å². The summed E-state index contributed by atoms with van der Waals surface area (Å²) < 4.78 is 17.6. The molecule has 2 aromatic carbocycles. The number of carboxylic acid groups (broad SMARTS) is 1. The summed E-state index contributed by atoms with van der Waals surface area (Å²) in [7, 11) is 3.21. The summed E-state index contributed by atoms with van der Waals surface area (Å²) in [6.07, 6.45) is 6.13. The van der Waals surface area contributed by atoms with Gasteiger partial charge in [-0.05, 0) is 61.4 Å². The number of carbonyl (C=O) groups excluding carboxylic acids is 2. The molecule has 4 heterocycles. The first-order valence-corrected chi connectivity index (χ1v) is 19.0. The van der Waals surface area contributed by atoms with Crippen LogP contribution in [0.15, 0.2) is 66.1 Å². The van der Waals surface area contributed by atoms with E-state index in [0.717, 1.165) is 46.7 Å². The fraction of sp³-hybridized carbons (Fsp3) is 0.425. The second-order valence-corrected chi connectivity index (χ2v) is 15.2. The van der Waals surface area contributed by atoms with Crippen LogP contribution in [0, 0.1) is 5.92 Å². The first-order chi connectivity index (χ1) is 25.6. The fourth-order valence-electron chi connectivity index (χ4n) is 7.17. The van der Waals surface area contributed by atoms with E-state index in [1.807, 2.05) is 66.1 Å². The van der Waals surface area contributed by atoms with Crippen LogP contribution in [0.25, 0.3) is 21.6 Å². The molecule has 2 N–H and O–H groups in total. The van der Waals surface area contributed by atoms with Crippen molar-refractivity contribution in [3.05, 3.63) is 77.3 Å². The number of nitrogens with one attached hydrogen (secondary N) is 1. The second kappa shape index (κ2) is 15.1. The van der Waals surface area contributed by atoms with Crippen molar-refractivity contribution in [2.75, 3.05) is 27.3 Å². The largest absolute Gasteiger partial charge is 0.497 e. The minimum Gasteiger partial charge on any atom is -0.497 e. The zero-order valence-corrected chi connectivity index (χ0v) is 31.2. The third kappa shape index (κ3) is 7.53. The highest BCUT2D eigenvalue weighted by atomic mass is 32.1. The number of carbonyl (C=O) groups is 3. The zero-order valence-electron chi connectivity index (χ0n) is 30.4. The van der Waals surface area contributed by atoms with Gasteiger partial charge in [0.25, 0.3) is 0 Å². The van der Waals surface area contributed by atoms with Gasteiger partial charge in [-0.2, -0.15) is 0 Å². The van der Waals surface area contributed by atoms with Crippen LogP contribution >= 0.6 is 11.3 Å². The summed E-state index contributed by atoms with van der Waals surface area (Å²) in [6, 6.07) is 13.8. The highest BCUT2D eigenvalue weighted by Gasteiger charge is 2.61. The van der Waals surface area contributed by atoms with Crippen molar-refractivity contribution in [2.45, 2.75) is 76.1 Å². The third-order valence-corrected chi connectivity index (χ3v) is 11.3. The lowest BCUT2D eigenvalue weighted by Crippen LogP contribution is -2.55. The van der Waals surface area contributed by atoms with E-state index in [4.69, 9.17) is 24.2 Å². The number of carboxylic acids is 1. The number of allylic oxidation sites excluding steroid dienone is 1. The van der Waals surface area contributed by atoms with Gasteiger partial charge in [-0.15, -0.1) is 11.3 Å². The molecule has 7 rings (SSSR count). The summed E-state index contributed by atoms with van der Waals surface area (Å²) in [5.74, 6) is 0.275. The Labute approximate surface area is 312 Å². The van der Waals surface area contributed by atoms with E-state index in [2.05, 4.69) is 19.2 Å². The molecule has 278 valence electrons. The number of nitrogens with zero attached hydrogens (tertiary/aromatic N) is 4. The Morgan fingerprint density at radius 3 is 2.55 bits per heavy atom. The monoisotopic (exact) mass is 739 g/mol. The van der Waals surface area contributed by atoms with Crippen LogP contribution in [-0.2, 0) is 16.1 Å². The fourth-order valence-corrected chi connectivity index (χ4v) is 8.11. The van der Waals surface area contributed by atoms with E-state index in [1.54, 1.807) is 24.0 Å². The Balaban J connectivity index is 1.23. The quantitative estimate of drug-likeness (QED) is 0.181. The van der Waals surface area contributed by atoms with Crippen molar-refractivity contribution in [3.8, 4) is 28.0 Å². The molecule has 1 saturated carbocycles. The SMILES string of the molecule is COc1ccc(CN2CCCC/C=C\[C@H]3C[C@@]3(C(=O)O)NC(=O)[C@@H]3C[C@@H](Oc4cc(-c5nc(C(C)C)cs5)nc5cc(OC)ccc45)CN3C2=O)cc1. The second-order valence-electron chi connectivity index (χ2n) is 14.3. The van der Waals surface area contributed by atoms with E-state index >= 15 is 0 Å². The van der Waals surface area contributed by atoms with Crippen LogP contribution in [0.2, 0.25) is 0 Å². The minimum atomic E-state index is -1.40. The lowest BCUT2D eigenvalue weighted by Gasteiger charge is -2.32. The summed E-state index contributed by atoms with van der Waals surface area (Å²) in [5, 5.41) is 16.6. The van der Waals surface area contributed by atoms with Gasteiger partial charge in [-0.25, -0.2) is 19.6 Å². The maximum atomic E-state index is 14.6. The van der Waals surface area contributed by atoms with Crippen molar-refractivity contribution < 1.29 is 33.7 Å². The normalized spacial score (nSPS) is 23.9. The average molecular weight is 740 g/mol. The summed E-state index contributed by atoms with van der Waals surface area (Å²) in [6.45, 7) is 5.14. The standard InChI is InChI=1S/C40H45N5O7S/c1-24(2)33-23-53-37(42-33)32-19-35(30-15-14-28(51-4)17-31(30)41-32)52-29-18-34-36(46)43-40(38(47)48)20-26(40)9-7-5-6-8-16-44(39(49)45(34)22-29)21-25-10-12-27(50-3)13-11-25/h7,9-15,17,19,23-24,26,29,34H,5-6,8,16,18,20-22H2,1-4H3,(H,43,46)(H,47,48)/b9-7-/t26-,29+,34-,40+/m0/s1. The van der Waals surface area contributed by atoms with Crippen molar-refractivity contribution >= 4 is 40.1 Å². The number of thiazole rings is 1. The van der Waals surface area contributed by atoms with Crippen LogP contribution in [0.1, 0.15) is 63.1 Å². The molecule has 2 aliphatic heterocycles. The van der Waals surface area contributed by atoms with Gasteiger partial charge in [-0.1, -0.05) is 38.1 Å². The number of pyridine rings is 1. The maximum absolute atomic E-state index is 14.6. The van der Waals surface area contributed by atoms with Gasteiger partial charge in [-0.3, -0.25) is 4.79 Å². The Bertz CT molecular complexity index is 2030. The highest BCUT2D eigenvalue weighted by molar-refractivity contribution is 7.13. The van der Waals surface area contributed by atoms with E-state index in [1.165, 1.54) is 11.3 Å². The molecule has 2 aromatic heterocycles. The molecule has 2 fully saturated rings. The molecule has 0 spiro atoms. The number of hydrogen-bond donors (Lipinski definition) is 2. The average Bonchev–Trinajstić information content (AvgIpc) is 3.44. The van der Waals surface area contributed by atoms with Crippen molar-refractivity contribution in [3.63, 3.8) is 0 Å². The molecule has 3 amide bonds. The van der Waals surface area contributed by atoms with Gasteiger partial charge in [0.05, 0.1) is 32.0 Å². The summed E-state index contributed by atoms with van der Waals surface area (Å²) in [5.41, 5.74) is 1.80. The highest BCUT2D eigenvalue weighted by Crippen LogP contribution is 2.45. The molecule has 13 heteroatoms. The van der Waals surface area contributed by atoms with Gasteiger partial charge in [0.1, 0.15) is 45.6 Å². The lowest BCUT2D eigenvalue weighted by molar-refractivity contribution is -0.144. The third-order valence-electron chi connectivity index (χ3n) is 10.4. The number of amides is 3. The number of aliphatic carboxylic acids is 1. The minimum absolute atomic E-state index is 0.128. The van der Waals surface area contributed by atoms with E-state index < -0.39 is 29.6 Å². The molecular weight excluding hydrogens is 695 g/mol. The van der Waals surface area contributed by atoms with Crippen molar-refractivity contribution in [1.82, 2.24) is 25.1 Å². The number of hydrogen-bond acceptors (Lipinski definition) is 9. The van der Waals surface area contributed by atoms with Crippen LogP contribution in [0.4, 0.5) is 4.79 Å². The van der Waals surface area contributed by atoms with Crippen LogP contribution < -0.4 is 19.5 Å². The Morgan fingerprint density at radius 1 is 1.06 bits per heavy atom. The summed E-state index contributed by atoms with van der Waals surface area (Å²) in [4.78, 5) is 54.4. The van der Waals surface area contributed by atoms with Crippen molar-refractivity contribution in [2.24, 2.45) is 5.92 Å². The Hall–Kier alpha value is -5.17. The van der Waals surface area contributed by atoms with Gasteiger partial charge in [0.15, 0.2) is 0 Å². The number of fused-ring (bicyclic) bond motifs is 3. The van der Waals surface area contributed by atoms with E-state index in [-0.39, 0.29) is 30.8 Å². The number of aromatic nitrogens is 2. The predicted molar refractivity (Wildman–Crippen MR) is 201 cm³/mol. The van der Waals surface area contributed by atoms with Gasteiger partial charge < -0.3 is 34.4 Å². The number of benzene rings is 2. The molecular formula is C40H45N5O7S. The van der Waals surface area contributed by atoms with Crippen molar-refractivity contribution in [1.29, 1.82) is 0 Å². The van der Waals surface area contributed by atoms with E-state index in [0.29, 0.717) is 42.2 Å². The smallest absolute Gasteiger partial charge is 0.330 e. The molecule has 0 radical (unpaired) electrons. The molecule has 0 unspecified atom stereocenters. The molecule has 12 nitrogen and oxygen atoms in total. The maximum Gasteiger partial charge on any atom is 0.330 e. The Kier molecular flexibility index (Phi) is 10.3. The summed E-state index contributed by atoms with van der Waals surface area (Å²) >= 11 is 1.51. The van der Waals surface area contributed by atoms with Crippen LogP contribution in [0.5, 0.6) is 17.2 Å². The molecule has 4 atom stereocenters. The van der Waals surface area contributed by atoms with Crippen LogP contribution in [-0.4, -0.2) is 87.8 Å². The molecule has 1 aliphatic carbocycles. The molecule has 4 aromatic rings. The first kappa shape index (κ1) is 36.2. The van der Waals surface area contributed by atoms with Gasteiger partial charge in [0, 0.05) is 48.3 Å². The molecule has 0 bridgehead atoms. The van der Waals surface area contributed by atoms with E-state index in [9.17, 15) is 19.5 Å².